The summed E-state index contributed by atoms with van der Waals surface area (Å²) in [5.74, 6) is -0.0593. The monoisotopic (exact) mass is 236 g/mol. The first kappa shape index (κ1) is 15.7. The highest BCUT2D eigenvalue weighted by Gasteiger charge is 1.98. The zero-order valence-corrected chi connectivity index (χ0v) is 11.2. The van der Waals surface area contributed by atoms with E-state index in [1.165, 1.54) is 5.56 Å². The molecule has 0 aliphatic heterocycles. The Bertz CT molecular complexity index is 280. The Hall–Kier alpha value is -1.31. The smallest absolute Gasteiger partial charge is 0.305 e. The molecule has 1 rings (SSSR count). The van der Waals surface area contributed by atoms with Crippen molar-refractivity contribution in [3.63, 3.8) is 0 Å². The van der Waals surface area contributed by atoms with Crippen molar-refractivity contribution in [2.45, 2.75) is 46.5 Å². The van der Waals surface area contributed by atoms with Crippen LogP contribution in [0.2, 0.25) is 0 Å². The van der Waals surface area contributed by atoms with E-state index in [1.54, 1.807) is 0 Å². The highest BCUT2D eigenvalue weighted by atomic mass is 16.5. The molecule has 0 aromatic heterocycles. The Morgan fingerprint density at radius 3 is 2.18 bits per heavy atom. The minimum absolute atomic E-state index is 0.0593. The maximum Gasteiger partial charge on any atom is 0.305 e. The van der Waals surface area contributed by atoms with Gasteiger partial charge in [-0.05, 0) is 20.3 Å². The number of benzene rings is 1. The molecular weight excluding hydrogens is 212 g/mol. The maximum absolute atomic E-state index is 10.7. The summed E-state index contributed by atoms with van der Waals surface area (Å²) in [5.41, 5.74) is 1.32. The predicted molar refractivity (Wildman–Crippen MR) is 72.0 cm³/mol. The fraction of sp³-hybridized carbons (Fsp3) is 0.533. The van der Waals surface area contributed by atoms with Crippen molar-refractivity contribution in [2.24, 2.45) is 0 Å². The number of aryl methyl sites for hydroxylation is 1. The number of hydrogen-bond donors (Lipinski definition) is 0. The van der Waals surface area contributed by atoms with E-state index in [2.05, 4.69) is 26.0 Å². The van der Waals surface area contributed by atoms with E-state index in [4.69, 9.17) is 4.74 Å². The molecule has 0 fully saturated rings. The fourth-order valence-electron chi connectivity index (χ4n) is 1.29. The van der Waals surface area contributed by atoms with Gasteiger partial charge in [0.25, 0.3) is 0 Å². The number of hydrogen-bond acceptors (Lipinski definition) is 2. The Morgan fingerprint density at radius 1 is 1.12 bits per heavy atom. The van der Waals surface area contributed by atoms with Crippen LogP contribution in [-0.2, 0) is 9.53 Å². The minimum Gasteiger partial charge on any atom is -0.466 e. The largest absolute Gasteiger partial charge is 0.466 e. The number of carbonyl (C=O) groups is 1. The minimum atomic E-state index is -0.0593. The van der Waals surface area contributed by atoms with Crippen LogP contribution in [0.4, 0.5) is 0 Å². The van der Waals surface area contributed by atoms with Gasteiger partial charge in [-0.2, -0.15) is 0 Å². The summed E-state index contributed by atoms with van der Waals surface area (Å²) >= 11 is 0. The molecule has 0 amide bonds. The van der Waals surface area contributed by atoms with Gasteiger partial charge in [0.15, 0.2) is 0 Å². The summed E-state index contributed by atoms with van der Waals surface area (Å²) in [7, 11) is 0. The zero-order valence-electron chi connectivity index (χ0n) is 11.2. The summed E-state index contributed by atoms with van der Waals surface area (Å²) < 4.78 is 4.75. The van der Waals surface area contributed by atoms with Gasteiger partial charge in [-0.1, -0.05) is 55.7 Å². The summed E-state index contributed by atoms with van der Waals surface area (Å²) in [6.07, 6.45) is 3.83. The highest BCUT2D eigenvalue weighted by molar-refractivity contribution is 5.69. The molecule has 0 aliphatic rings. The molecule has 0 heterocycles. The lowest BCUT2D eigenvalue weighted by Gasteiger charge is -1.99. The van der Waals surface area contributed by atoms with Crippen molar-refractivity contribution < 1.29 is 9.53 Å². The molecule has 0 unspecified atom stereocenters. The average molecular weight is 236 g/mol. The SMILES string of the molecule is CCCCCC(=O)OCC.Cc1ccccc1. The van der Waals surface area contributed by atoms with Gasteiger partial charge in [0.2, 0.25) is 0 Å². The highest BCUT2D eigenvalue weighted by Crippen LogP contribution is 1.99. The van der Waals surface area contributed by atoms with E-state index < -0.39 is 0 Å². The Labute approximate surface area is 105 Å². The fourth-order valence-corrected chi connectivity index (χ4v) is 1.29. The van der Waals surface area contributed by atoms with Crippen LogP contribution in [0.1, 0.15) is 45.1 Å². The van der Waals surface area contributed by atoms with Gasteiger partial charge in [0, 0.05) is 6.42 Å². The summed E-state index contributed by atoms with van der Waals surface area (Å²) in [6.45, 7) is 6.54. The van der Waals surface area contributed by atoms with Crippen molar-refractivity contribution in [3.8, 4) is 0 Å². The van der Waals surface area contributed by atoms with E-state index in [9.17, 15) is 4.79 Å². The molecule has 0 spiro atoms. The molecule has 0 atom stereocenters. The Balaban J connectivity index is 0.000000318. The molecule has 0 bridgehead atoms. The molecule has 0 saturated carbocycles. The molecule has 1 aromatic carbocycles. The first-order valence-electron chi connectivity index (χ1n) is 6.38. The van der Waals surface area contributed by atoms with E-state index in [0.717, 1.165) is 19.3 Å². The molecule has 96 valence electrons. The van der Waals surface area contributed by atoms with Gasteiger partial charge in [0.1, 0.15) is 0 Å². The van der Waals surface area contributed by atoms with Gasteiger partial charge in [-0.3, -0.25) is 4.79 Å². The number of unbranched alkanes of at least 4 members (excludes halogenated alkanes) is 2. The lowest BCUT2D eigenvalue weighted by atomic mass is 10.2. The lowest BCUT2D eigenvalue weighted by molar-refractivity contribution is -0.143. The molecule has 1 aromatic rings. The lowest BCUT2D eigenvalue weighted by Crippen LogP contribution is -2.02. The van der Waals surface area contributed by atoms with Crippen LogP contribution in [0.25, 0.3) is 0 Å². The second kappa shape index (κ2) is 11.2. The topological polar surface area (TPSA) is 26.3 Å². The van der Waals surface area contributed by atoms with Gasteiger partial charge < -0.3 is 4.74 Å². The van der Waals surface area contributed by atoms with Crippen LogP contribution in [0.5, 0.6) is 0 Å². The van der Waals surface area contributed by atoms with Crippen LogP contribution in [0.15, 0.2) is 30.3 Å². The first-order chi connectivity index (χ1) is 8.20. The molecule has 2 heteroatoms. The molecule has 0 radical (unpaired) electrons. The molecule has 0 N–H and O–H groups in total. The molecule has 2 nitrogen and oxygen atoms in total. The average Bonchev–Trinajstić information content (AvgIpc) is 2.31. The van der Waals surface area contributed by atoms with Gasteiger partial charge in [0.05, 0.1) is 6.61 Å². The Morgan fingerprint density at radius 2 is 1.76 bits per heavy atom. The second-order valence-electron chi connectivity index (χ2n) is 3.92. The molecule has 0 saturated heterocycles. The predicted octanol–water partition coefficient (Wildman–Crippen LogP) is 4.12. The summed E-state index contributed by atoms with van der Waals surface area (Å²) in [5, 5.41) is 0. The molecule has 17 heavy (non-hydrogen) atoms. The second-order valence-corrected chi connectivity index (χ2v) is 3.92. The van der Waals surface area contributed by atoms with Gasteiger partial charge in [-0.25, -0.2) is 0 Å². The molecule has 0 aliphatic carbocycles. The summed E-state index contributed by atoms with van der Waals surface area (Å²) in [6, 6.07) is 10.3. The third-order valence-corrected chi connectivity index (χ3v) is 2.23. The van der Waals surface area contributed by atoms with Crippen molar-refractivity contribution in [1.29, 1.82) is 0 Å². The molecular formula is C15H24O2. The first-order valence-corrected chi connectivity index (χ1v) is 6.38. The van der Waals surface area contributed by atoms with Crippen LogP contribution >= 0.6 is 0 Å². The third kappa shape index (κ3) is 11.0. The van der Waals surface area contributed by atoms with Gasteiger partial charge >= 0.3 is 5.97 Å². The van der Waals surface area contributed by atoms with Crippen molar-refractivity contribution in [3.05, 3.63) is 35.9 Å². The quantitative estimate of drug-likeness (QED) is 0.567. The van der Waals surface area contributed by atoms with E-state index in [-0.39, 0.29) is 5.97 Å². The number of rotatable bonds is 5. The Kier molecular flexibility index (Phi) is 10.3. The van der Waals surface area contributed by atoms with E-state index in [1.807, 2.05) is 25.1 Å². The standard InChI is InChI=1S/C8H16O2.C7H8/c1-3-5-6-7-8(9)10-4-2;1-7-5-3-2-4-6-7/h3-7H2,1-2H3;2-6H,1H3. The zero-order chi connectivity index (χ0) is 12.9. The number of esters is 1. The van der Waals surface area contributed by atoms with E-state index >= 15 is 0 Å². The maximum atomic E-state index is 10.7. The van der Waals surface area contributed by atoms with Crippen LogP contribution < -0.4 is 0 Å². The number of ether oxygens (including phenoxy) is 1. The van der Waals surface area contributed by atoms with Crippen molar-refractivity contribution in [2.75, 3.05) is 6.61 Å². The van der Waals surface area contributed by atoms with Crippen LogP contribution in [0.3, 0.4) is 0 Å². The van der Waals surface area contributed by atoms with E-state index in [0.29, 0.717) is 13.0 Å². The van der Waals surface area contributed by atoms with Gasteiger partial charge in [-0.15, -0.1) is 0 Å². The normalized spacial score (nSPS) is 9.12. The van der Waals surface area contributed by atoms with Crippen molar-refractivity contribution in [1.82, 2.24) is 0 Å². The third-order valence-electron chi connectivity index (χ3n) is 2.23. The van der Waals surface area contributed by atoms with Crippen LogP contribution in [-0.4, -0.2) is 12.6 Å². The van der Waals surface area contributed by atoms with Crippen molar-refractivity contribution >= 4 is 5.97 Å². The summed E-state index contributed by atoms with van der Waals surface area (Å²) in [4.78, 5) is 10.7. The number of carbonyl (C=O) groups excluding carboxylic acids is 1. The van der Waals surface area contributed by atoms with Crippen LogP contribution in [0, 0.1) is 6.92 Å².